The van der Waals surface area contributed by atoms with Crippen molar-refractivity contribution in [2.75, 3.05) is 24.6 Å². The van der Waals surface area contributed by atoms with Gasteiger partial charge in [-0.3, -0.25) is 14.5 Å². The molecule has 5 nitrogen and oxygen atoms in total. The third kappa shape index (κ3) is 3.19. The van der Waals surface area contributed by atoms with Crippen molar-refractivity contribution in [2.24, 2.45) is 0 Å². The molecule has 1 aromatic heterocycles. The van der Waals surface area contributed by atoms with Crippen LogP contribution in [0.2, 0.25) is 0 Å². The first kappa shape index (κ1) is 17.9. The molecule has 0 aliphatic carbocycles. The predicted octanol–water partition coefficient (Wildman–Crippen LogP) is 3.32. The first-order chi connectivity index (χ1) is 13.1. The van der Waals surface area contributed by atoms with Crippen LogP contribution in [-0.4, -0.2) is 42.5 Å². The zero-order valence-corrected chi connectivity index (χ0v) is 16.3. The van der Waals surface area contributed by atoms with Crippen LogP contribution in [0.5, 0.6) is 0 Å². The first-order valence-electron chi connectivity index (χ1n) is 9.19. The van der Waals surface area contributed by atoms with E-state index in [0.717, 1.165) is 17.0 Å². The molecule has 4 rings (SSSR count). The summed E-state index contributed by atoms with van der Waals surface area (Å²) in [7, 11) is 0. The monoisotopic (exact) mass is 382 g/mol. The van der Waals surface area contributed by atoms with Crippen molar-refractivity contribution in [1.82, 2.24) is 4.90 Å². The van der Waals surface area contributed by atoms with Gasteiger partial charge in [-0.1, -0.05) is 24.3 Å². The summed E-state index contributed by atoms with van der Waals surface area (Å²) in [4.78, 5) is 30.6. The minimum absolute atomic E-state index is 0.0625. The summed E-state index contributed by atoms with van der Waals surface area (Å²) in [6.07, 6.45) is 0.933. The van der Waals surface area contributed by atoms with Crippen molar-refractivity contribution in [3.05, 3.63) is 57.9 Å². The number of hydrogen-bond donors (Lipinski definition) is 0. The second-order valence-corrected chi connectivity index (χ2v) is 7.86. The number of ether oxygens (including phenoxy) is 1. The molecule has 0 spiro atoms. The fourth-order valence-electron chi connectivity index (χ4n) is 3.61. The molecule has 27 heavy (non-hydrogen) atoms. The molecule has 0 N–H and O–H groups in total. The summed E-state index contributed by atoms with van der Waals surface area (Å²) in [5.74, 6) is -0.457. The SMILES string of the molecule is CC(C)OCCN1C(=O)C(c2cccs2)=C(N2CCc3ccccc32)C1=O. The molecule has 2 amide bonds. The van der Waals surface area contributed by atoms with Crippen LogP contribution in [0.25, 0.3) is 5.57 Å². The zero-order chi connectivity index (χ0) is 19.0. The smallest absolute Gasteiger partial charge is 0.278 e. The topological polar surface area (TPSA) is 49.9 Å². The highest BCUT2D eigenvalue weighted by Gasteiger charge is 2.43. The highest BCUT2D eigenvalue weighted by atomic mass is 32.1. The Kier molecular flexibility index (Phi) is 4.85. The van der Waals surface area contributed by atoms with E-state index in [9.17, 15) is 9.59 Å². The van der Waals surface area contributed by atoms with E-state index in [1.54, 1.807) is 0 Å². The van der Waals surface area contributed by atoms with E-state index < -0.39 is 0 Å². The van der Waals surface area contributed by atoms with Crippen LogP contribution in [0, 0.1) is 0 Å². The highest BCUT2D eigenvalue weighted by molar-refractivity contribution is 7.11. The lowest BCUT2D eigenvalue weighted by Crippen LogP contribution is -2.37. The molecule has 1 aromatic carbocycles. The Labute approximate surface area is 162 Å². The third-order valence-corrected chi connectivity index (χ3v) is 5.72. The number of rotatable bonds is 6. The van der Waals surface area contributed by atoms with Crippen LogP contribution in [0.15, 0.2) is 47.5 Å². The molecular weight excluding hydrogens is 360 g/mol. The largest absolute Gasteiger partial charge is 0.377 e. The molecule has 0 unspecified atom stereocenters. The van der Waals surface area contributed by atoms with Gasteiger partial charge >= 0.3 is 0 Å². The van der Waals surface area contributed by atoms with Crippen molar-refractivity contribution in [3.63, 3.8) is 0 Å². The van der Waals surface area contributed by atoms with Gasteiger partial charge in [0, 0.05) is 17.1 Å². The van der Waals surface area contributed by atoms with E-state index in [4.69, 9.17) is 4.74 Å². The number of carbonyl (C=O) groups is 2. The van der Waals surface area contributed by atoms with Gasteiger partial charge in [-0.25, -0.2) is 0 Å². The van der Waals surface area contributed by atoms with Crippen molar-refractivity contribution in [1.29, 1.82) is 0 Å². The van der Waals surface area contributed by atoms with E-state index in [-0.39, 0.29) is 24.5 Å². The third-order valence-electron chi connectivity index (χ3n) is 4.83. The van der Waals surface area contributed by atoms with Crippen LogP contribution < -0.4 is 4.90 Å². The van der Waals surface area contributed by atoms with E-state index in [1.165, 1.54) is 21.8 Å². The molecule has 2 aliphatic heterocycles. The van der Waals surface area contributed by atoms with Crippen LogP contribution >= 0.6 is 11.3 Å². The number of hydrogen-bond acceptors (Lipinski definition) is 5. The van der Waals surface area contributed by atoms with Crippen molar-refractivity contribution >= 4 is 34.4 Å². The second-order valence-electron chi connectivity index (χ2n) is 6.91. The maximum Gasteiger partial charge on any atom is 0.278 e. The molecule has 140 valence electrons. The second kappa shape index (κ2) is 7.29. The fraction of sp³-hybridized carbons (Fsp3) is 0.333. The Morgan fingerprint density at radius 3 is 2.67 bits per heavy atom. The molecule has 6 heteroatoms. The summed E-state index contributed by atoms with van der Waals surface area (Å²) >= 11 is 1.49. The maximum absolute atomic E-state index is 13.2. The fourth-order valence-corrected chi connectivity index (χ4v) is 4.37. The minimum atomic E-state index is -0.229. The number of benzene rings is 1. The number of nitrogens with zero attached hydrogens (tertiary/aromatic N) is 2. The summed E-state index contributed by atoms with van der Waals surface area (Å²) in [5, 5.41) is 1.93. The van der Waals surface area contributed by atoms with E-state index in [2.05, 4.69) is 6.07 Å². The molecule has 0 saturated heterocycles. The molecule has 0 atom stereocenters. The predicted molar refractivity (Wildman–Crippen MR) is 107 cm³/mol. The van der Waals surface area contributed by atoms with Crippen LogP contribution in [0.4, 0.5) is 5.69 Å². The number of amides is 2. The molecule has 0 saturated carbocycles. The number of fused-ring (bicyclic) bond motifs is 1. The summed E-state index contributed by atoms with van der Waals surface area (Å²) in [6.45, 7) is 5.20. The summed E-state index contributed by atoms with van der Waals surface area (Å²) < 4.78 is 5.57. The van der Waals surface area contributed by atoms with Crippen LogP contribution in [-0.2, 0) is 20.7 Å². The Hall–Kier alpha value is -2.44. The lowest BCUT2D eigenvalue weighted by molar-refractivity contribution is -0.138. The van der Waals surface area contributed by atoms with E-state index in [1.807, 2.05) is 54.5 Å². The standard InChI is InChI=1S/C21H22N2O3S/c1-14(2)26-12-11-23-20(24)18(17-8-5-13-27-17)19(21(23)25)22-10-9-15-6-3-4-7-16(15)22/h3-8,13-14H,9-12H2,1-2H3. The zero-order valence-electron chi connectivity index (χ0n) is 15.5. The van der Waals surface area contributed by atoms with Crippen LogP contribution in [0.3, 0.4) is 0 Å². The van der Waals surface area contributed by atoms with Crippen LogP contribution in [0.1, 0.15) is 24.3 Å². The Bertz CT molecular complexity index is 902. The van der Waals surface area contributed by atoms with Gasteiger partial charge in [0.15, 0.2) is 0 Å². The lowest BCUT2D eigenvalue weighted by atomic mass is 10.1. The minimum Gasteiger partial charge on any atom is -0.377 e. The molecule has 0 radical (unpaired) electrons. The average Bonchev–Trinajstić information content (AvgIpc) is 3.35. The molecule has 0 fully saturated rings. The normalized spacial score (nSPS) is 16.9. The molecular formula is C21H22N2O3S. The van der Waals surface area contributed by atoms with Crippen molar-refractivity contribution < 1.29 is 14.3 Å². The van der Waals surface area contributed by atoms with Gasteiger partial charge in [-0.15, -0.1) is 11.3 Å². The number of thiophene rings is 1. The van der Waals surface area contributed by atoms with Gasteiger partial charge in [0.05, 0.1) is 24.8 Å². The quantitative estimate of drug-likeness (QED) is 0.719. The highest BCUT2D eigenvalue weighted by Crippen LogP contribution is 2.39. The number of carbonyl (C=O) groups excluding carboxylic acids is 2. The van der Waals surface area contributed by atoms with E-state index >= 15 is 0 Å². The molecule has 3 heterocycles. The van der Waals surface area contributed by atoms with Crippen molar-refractivity contribution in [3.8, 4) is 0 Å². The Balaban J connectivity index is 1.72. The summed E-state index contributed by atoms with van der Waals surface area (Å²) in [5.41, 5.74) is 3.23. The number of anilines is 1. The lowest BCUT2D eigenvalue weighted by Gasteiger charge is -2.21. The van der Waals surface area contributed by atoms with Gasteiger partial charge in [0.25, 0.3) is 11.8 Å². The Morgan fingerprint density at radius 1 is 1.11 bits per heavy atom. The Morgan fingerprint density at radius 2 is 1.93 bits per heavy atom. The number of para-hydroxylation sites is 1. The summed E-state index contributed by atoms with van der Waals surface area (Å²) in [6, 6.07) is 11.9. The molecule has 2 aromatic rings. The van der Waals surface area contributed by atoms with E-state index in [0.29, 0.717) is 24.4 Å². The molecule has 2 aliphatic rings. The van der Waals surface area contributed by atoms with Gasteiger partial charge < -0.3 is 9.64 Å². The van der Waals surface area contributed by atoms with Crippen molar-refractivity contribution in [2.45, 2.75) is 26.4 Å². The van der Waals surface area contributed by atoms with Gasteiger partial charge in [-0.2, -0.15) is 0 Å². The molecule has 0 bridgehead atoms. The van der Waals surface area contributed by atoms with Gasteiger partial charge in [0.1, 0.15) is 5.70 Å². The maximum atomic E-state index is 13.2. The number of imide groups is 1. The van der Waals surface area contributed by atoms with Gasteiger partial charge in [-0.05, 0) is 43.3 Å². The average molecular weight is 382 g/mol. The first-order valence-corrected chi connectivity index (χ1v) is 10.1. The van der Waals surface area contributed by atoms with Gasteiger partial charge in [0.2, 0.25) is 0 Å².